The molecule has 0 saturated carbocycles. The first-order valence-corrected chi connectivity index (χ1v) is 2.82. The van der Waals surface area contributed by atoms with Gasteiger partial charge in [-0.15, -0.1) is 5.11 Å². The fourth-order valence-electron chi connectivity index (χ4n) is 0.902. The second-order valence-electron chi connectivity index (χ2n) is 2.01. The fourth-order valence-corrected chi connectivity index (χ4v) is 0.902. The summed E-state index contributed by atoms with van der Waals surface area (Å²) in [6.45, 7) is 0. The number of aromatic amines is 1. The largest absolute Gasteiger partial charge is 0.470 e. The van der Waals surface area contributed by atoms with E-state index in [1.54, 1.807) is 18.6 Å². The SMILES string of the molecule is N=Nc1cc2cocc2[nH]1. The molecule has 2 N–H and O–H groups in total. The van der Waals surface area contributed by atoms with Gasteiger partial charge in [-0.2, -0.15) is 0 Å². The molecule has 0 aliphatic heterocycles. The van der Waals surface area contributed by atoms with E-state index in [4.69, 9.17) is 9.95 Å². The molecule has 0 aliphatic rings. The van der Waals surface area contributed by atoms with Gasteiger partial charge in [-0.3, -0.25) is 0 Å². The molecule has 4 nitrogen and oxygen atoms in total. The Labute approximate surface area is 56.4 Å². The second kappa shape index (κ2) is 1.70. The van der Waals surface area contributed by atoms with E-state index < -0.39 is 0 Å². The minimum Gasteiger partial charge on any atom is -0.470 e. The molecule has 2 heterocycles. The Kier molecular flexibility index (Phi) is 0.887. The predicted octanol–water partition coefficient (Wildman–Crippen LogP) is 2.42. The van der Waals surface area contributed by atoms with Crippen LogP contribution in [0.1, 0.15) is 0 Å². The first-order chi connectivity index (χ1) is 4.90. The summed E-state index contributed by atoms with van der Waals surface area (Å²) in [6, 6.07) is 1.76. The number of hydrogen-bond donors (Lipinski definition) is 2. The third-order valence-corrected chi connectivity index (χ3v) is 1.37. The van der Waals surface area contributed by atoms with E-state index >= 15 is 0 Å². The monoisotopic (exact) mass is 135 g/mol. The van der Waals surface area contributed by atoms with E-state index in [1.165, 1.54) is 0 Å². The topological polar surface area (TPSA) is 65.1 Å². The zero-order valence-corrected chi connectivity index (χ0v) is 5.09. The van der Waals surface area contributed by atoms with Crippen LogP contribution >= 0.6 is 0 Å². The standard InChI is InChI=1S/C6H5N3O/c7-9-6-1-4-2-10-3-5(4)8-6/h1-3,7-8H. The molecule has 0 saturated heterocycles. The highest BCUT2D eigenvalue weighted by Crippen LogP contribution is 2.20. The van der Waals surface area contributed by atoms with Gasteiger partial charge in [-0.25, -0.2) is 5.53 Å². The lowest BCUT2D eigenvalue weighted by molar-refractivity contribution is 0.571. The minimum absolute atomic E-state index is 0.556. The van der Waals surface area contributed by atoms with Crippen molar-refractivity contribution in [1.29, 1.82) is 5.53 Å². The summed E-state index contributed by atoms with van der Waals surface area (Å²) in [5, 5.41) is 4.18. The summed E-state index contributed by atoms with van der Waals surface area (Å²) in [7, 11) is 0. The lowest BCUT2D eigenvalue weighted by atomic mass is 10.4. The molecule has 0 radical (unpaired) electrons. The summed E-state index contributed by atoms with van der Waals surface area (Å²) in [6.07, 6.45) is 3.20. The smallest absolute Gasteiger partial charge is 0.153 e. The molecule has 0 aliphatic carbocycles. The Bertz CT molecular complexity index is 331. The van der Waals surface area contributed by atoms with Crippen molar-refractivity contribution in [3.05, 3.63) is 18.6 Å². The van der Waals surface area contributed by atoms with E-state index in [-0.39, 0.29) is 0 Å². The summed E-state index contributed by atoms with van der Waals surface area (Å²) >= 11 is 0. The summed E-state index contributed by atoms with van der Waals surface area (Å²) in [4.78, 5) is 2.88. The molecule has 0 amide bonds. The molecule has 4 heteroatoms. The van der Waals surface area contributed by atoms with E-state index in [1.807, 2.05) is 0 Å². The van der Waals surface area contributed by atoms with Crippen LogP contribution in [0, 0.1) is 5.53 Å². The van der Waals surface area contributed by atoms with Crippen molar-refractivity contribution in [3.63, 3.8) is 0 Å². The average Bonchev–Trinajstić information content (AvgIpc) is 2.42. The van der Waals surface area contributed by atoms with E-state index in [0.717, 1.165) is 10.9 Å². The van der Waals surface area contributed by atoms with E-state index in [0.29, 0.717) is 5.82 Å². The maximum Gasteiger partial charge on any atom is 0.153 e. The molecule has 0 bridgehead atoms. The zero-order chi connectivity index (χ0) is 6.97. The Morgan fingerprint density at radius 2 is 2.40 bits per heavy atom. The Balaban J connectivity index is 2.78. The van der Waals surface area contributed by atoms with Crippen LogP contribution in [0.25, 0.3) is 10.9 Å². The normalized spacial score (nSPS) is 10.4. The molecule has 0 fully saturated rings. The van der Waals surface area contributed by atoms with Gasteiger partial charge in [0.15, 0.2) is 5.82 Å². The number of rotatable bonds is 1. The van der Waals surface area contributed by atoms with E-state index in [9.17, 15) is 0 Å². The van der Waals surface area contributed by atoms with E-state index in [2.05, 4.69) is 10.1 Å². The first kappa shape index (κ1) is 5.22. The maximum absolute atomic E-state index is 6.68. The van der Waals surface area contributed by atoms with Crippen LogP contribution in [-0.4, -0.2) is 4.98 Å². The minimum atomic E-state index is 0.556. The van der Waals surface area contributed by atoms with Crippen LogP contribution < -0.4 is 0 Å². The highest BCUT2D eigenvalue weighted by molar-refractivity contribution is 5.81. The number of H-pyrrole nitrogens is 1. The lowest BCUT2D eigenvalue weighted by Gasteiger charge is -1.75. The van der Waals surface area contributed by atoms with Gasteiger partial charge in [0.2, 0.25) is 0 Å². The lowest BCUT2D eigenvalue weighted by Crippen LogP contribution is -1.56. The Hall–Kier alpha value is -1.58. The van der Waals surface area contributed by atoms with Gasteiger partial charge in [0.25, 0.3) is 0 Å². The number of furan rings is 1. The van der Waals surface area contributed by atoms with Gasteiger partial charge >= 0.3 is 0 Å². The van der Waals surface area contributed by atoms with Crippen LogP contribution in [0.3, 0.4) is 0 Å². The number of nitrogens with zero attached hydrogens (tertiary/aromatic N) is 1. The van der Waals surface area contributed by atoms with Gasteiger partial charge in [0, 0.05) is 5.39 Å². The highest BCUT2D eigenvalue weighted by atomic mass is 16.3. The predicted molar refractivity (Wildman–Crippen MR) is 35.4 cm³/mol. The molecular formula is C6H5N3O. The Morgan fingerprint density at radius 1 is 1.50 bits per heavy atom. The number of aromatic nitrogens is 1. The van der Waals surface area contributed by atoms with Crippen molar-refractivity contribution in [2.45, 2.75) is 0 Å². The van der Waals surface area contributed by atoms with Crippen molar-refractivity contribution < 1.29 is 4.42 Å². The van der Waals surface area contributed by atoms with Crippen LogP contribution in [0.4, 0.5) is 5.82 Å². The quantitative estimate of drug-likeness (QED) is 0.579. The molecule has 2 aromatic rings. The number of fused-ring (bicyclic) bond motifs is 1. The summed E-state index contributed by atoms with van der Waals surface area (Å²) in [5.74, 6) is 0.556. The summed E-state index contributed by atoms with van der Waals surface area (Å²) < 4.78 is 4.87. The number of nitrogens with one attached hydrogen (secondary N) is 2. The van der Waals surface area contributed by atoms with Gasteiger partial charge in [-0.05, 0) is 6.07 Å². The molecule has 0 unspecified atom stereocenters. The fraction of sp³-hybridized carbons (Fsp3) is 0. The second-order valence-corrected chi connectivity index (χ2v) is 2.01. The van der Waals surface area contributed by atoms with Crippen LogP contribution in [0.2, 0.25) is 0 Å². The Morgan fingerprint density at radius 3 is 3.10 bits per heavy atom. The maximum atomic E-state index is 6.68. The highest BCUT2D eigenvalue weighted by Gasteiger charge is 1.99. The van der Waals surface area contributed by atoms with Crippen LogP contribution in [0.15, 0.2) is 28.1 Å². The molecule has 0 spiro atoms. The first-order valence-electron chi connectivity index (χ1n) is 2.82. The van der Waals surface area contributed by atoms with Gasteiger partial charge in [-0.1, -0.05) is 0 Å². The molecule has 50 valence electrons. The van der Waals surface area contributed by atoms with Crippen molar-refractivity contribution in [1.82, 2.24) is 4.98 Å². The molecule has 10 heavy (non-hydrogen) atoms. The average molecular weight is 135 g/mol. The molecule has 0 aromatic carbocycles. The van der Waals surface area contributed by atoms with Crippen molar-refractivity contribution in [2.75, 3.05) is 0 Å². The summed E-state index contributed by atoms with van der Waals surface area (Å²) in [5.41, 5.74) is 7.56. The third-order valence-electron chi connectivity index (χ3n) is 1.37. The van der Waals surface area contributed by atoms with Gasteiger partial charge < -0.3 is 9.40 Å². The number of hydrogen-bond acceptors (Lipinski definition) is 3. The molecular weight excluding hydrogens is 130 g/mol. The van der Waals surface area contributed by atoms with Crippen LogP contribution in [0.5, 0.6) is 0 Å². The van der Waals surface area contributed by atoms with Crippen LogP contribution in [-0.2, 0) is 0 Å². The van der Waals surface area contributed by atoms with Gasteiger partial charge in [0.1, 0.15) is 6.26 Å². The molecule has 2 aromatic heterocycles. The zero-order valence-electron chi connectivity index (χ0n) is 5.09. The van der Waals surface area contributed by atoms with Crippen molar-refractivity contribution in [3.8, 4) is 0 Å². The molecule has 0 atom stereocenters. The van der Waals surface area contributed by atoms with Gasteiger partial charge in [0.05, 0.1) is 11.8 Å². The van der Waals surface area contributed by atoms with Crippen molar-refractivity contribution >= 4 is 16.7 Å². The van der Waals surface area contributed by atoms with Crippen molar-refractivity contribution in [2.24, 2.45) is 5.11 Å². The molecule has 2 rings (SSSR count). The third kappa shape index (κ3) is 0.556.